The predicted molar refractivity (Wildman–Crippen MR) is 111 cm³/mol. The van der Waals surface area contributed by atoms with Gasteiger partial charge in [-0.05, 0) is 49.2 Å². The zero-order chi connectivity index (χ0) is 20.5. The number of aliphatic carboxylic acids is 1. The van der Waals surface area contributed by atoms with Crippen molar-refractivity contribution in [3.05, 3.63) is 65.7 Å². The maximum absolute atomic E-state index is 12.7. The Morgan fingerprint density at radius 2 is 1.59 bits per heavy atom. The third-order valence-corrected chi connectivity index (χ3v) is 5.12. The van der Waals surface area contributed by atoms with Crippen LogP contribution in [0.1, 0.15) is 35.2 Å². The number of hydrogen-bond acceptors (Lipinski definition) is 4. The van der Waals surface area contributed by atoms with Crippen LogP contribution in [0.4, 0.5) is 0 Å². The summed E-state index contributed by atoms with van der Waals surface area (Å²) in [4.78, 5) is 27.5. The van der Waals surface area contributed by atoms with Crippen LogP contribution in [0.3, 0.4) is 0 Å². The van der Waals surface area contributed by atoms with Crippen LogP contribution in [0.25, 0.3) is 0 Å². The van der Waals surface area contributed by atoms with Crippen molar-refractivity contribution in [1.29, 1.82) is 0 Å². The molecule has 1 saturated heterocycles. The molecule has 0 bridgehead atoms. The van der Waals surface area contributed by atoms with Gasteiger partial charge in [0.15, 0.2) is 0 Å². The maximum atomic E-state index is 12.7. The number of ether oxygens (including phenoxy) is 1. The molecular weight excluding hydrogens is 368 g/mol. The molecule has 1 N–H and O–H groups in total. The van der Waals surface area contributed by atoms with Gasteiger partial charge in [0.05, 0.1) is 0 Å². The zero-order valence-corrected chi connectivity index (χ0v) is 16.6. The van der Waals surface area contributed by atoms with E-state index in [4.69, 9.17) is 9.84 Å². The molecular formula is C23H28N2O4. The quantitative estimate of drug-likeness (QED) is 0.659. The molecule has 0 aliphatic carbocycles. The topological polar surface area (TPSA) is 70.1 Å². The molecule has 1 amide bonds. The van der Waals surface area contributed by atoms with Crippen LogP contribution < -0.4 is 4.74 Å². The molecule has 2 aromatic rings. The van der Waals surface area contributed by atoms with Crippen molar-refractivity contribution in [3.8, 4) is 5.75 Å². The average Bonchev–Trinajstić information content (AvgIpc) is 2.76. The van der Waals surface area contributed by atoms with Crippen LogP contribution in [0.15, 0.2) is 54.6 Å². The minimum Gasteiger partial charge on any atom is -0.489 e. The first-order valence-corrected chi connectivity index (χ1v) is 10.1. The Hall–Kier alpha value is -2.86. The molecule has 1 aliphatic heterocycles. The van der Waals surface area contributed by atoms with E-state index in [2.05, 4.69) is 4.90 Å². The van der Waals surface area contributed by atoms with E-state index < -0.39 is 5.97 Å². The third-order valence-electron chi connectivity index (χ3n) is 5.12. The summed E-state index contributed by atoms with van der Waals surface area (Å²) in [5, 5.41) is 8.69. The summed E-state index contributed by atoms with van der Waals surface area (Å²) >= 11 is 0. The van der Waals surface area contributed by atoms with E-state index in [0.29, 0.717) is 31.7 Å². The van der Waals surface area contributed by atoms with Crippen molar-refractivity contribution >= 4 is 11.9 Å². The molecule has 0 radical (unpaired) electrons. The molecule has 0 saturated carbocycles. The molecule has 0 atom stereocenters. The van der Waals surface area contributed by atoms with Crippen molar-refractivity contribution in [1.82, 2.24) is 9.80 Å². The minimum atomic E-state index is -0.739. The van der Waals surface area contributed by atoms with E-state index in [0.717, 1.165) is 37.4 Å². The highest BCUT2D eigenvalue weighted by Gasteiger charge is 2.21. The van der Waals surface area contributed by atoms with Gasteiger partial charge < -0.3 is 14.7 Å². The second kappa shape index (κ2) is 10.6. The summed E-state index contributed by atoms with van der Waals surface area (Å²) in [6, 6.07) is 17.3. The normalized spacial score (nSPS) is 14.6. The number of piperazine rings is 1. The van der Waals surface area contributed by atoms with E-state index in [1.165, 1.54) is 0 Å². The fourth-order valence-electron chi connectivity index (χ4n) is 3.40. The number of hydrogen-bond donors (Lipinski definition) is 1. The van der Waals surface area contributed by atoms with Gasteiger partial charge in [0.25, 0.3) is 5.91 Å². The summed E-state index contributed by atoms with van der Waals surface area (Å²) < 4.78 is 5.78. The summed E-state index contributed by atoms with van der Waals surface area (Å²) in [6.45, 7) is 4.45. The molecule has 0 unspecified atom stereocenters. The van der Waals surface area contributed by atoms with Crippen molar-refractivity contribution in [2.24, 2.45) is 0 Å². The van der Waals surface area contributed by atoms with Gasteiger partial charge in [-0.15, -0.1) is 0 Å². The number of carbonyl (C=O) groups is 2. The van der Waals surface area contributed by atoms with Crippen molar-refractivity contribution < 1.29 is 19.4 Å². The molecule has 1 fully saturated rings. The van der Waals surface area contributed by atoms with Gasteiger partial charge in [-0.1, -0.05) is 30.3 Å². The lowest BCUT2D eigenvalue weighted by Gasteiger charge is -2.34. The summed E-state index contributed by atoms with van der Waals surface area (Å²) in [5.41, 5.74) is 1.78. The molecule has 6 nitrogen and oxygen atoms in total. The first-order valence-electron chi connectivity index (χ1n) is 10.1. The Kier molecular flexibility index (Phi) is 7.64. The number of rotatable bonds is 9. The lowest BCUT2D eigenvalue weighted by molar-refractivity contribution is -0.137. The Morgan fingerprint density at radius 1 is 0.897 bits per heavy atom. The molecule has 2 aromatic carbocycles. The smallest absolute Gasteiger partial charge is 0.303 e. The summed E-state index contributed by atoms with van der Waals surface area (Å²) in [6.07, 6.45) is 1.81. The van der Waals surface area contributed by atoms with Gasteiger partial charge in [-0.3, -0.25) is 14.5 Å². The van der Waals surface area contributed by atoms with Crippen LogP contribution in [-0.4, -0.2) is 59.5 Å². The predicted octanol–water partition coefficient (Wildman–Crippen LogP) is 3.28. The number of carboxylic acid groups (broad SMARTS) is 1. The van der Waals surface area contributed by atoms with Gasteiger partial charge in [-0.2, -0.15) is 0 Å². The van der Waals surface area contributed by atoms with E-state index in [9.17, 15) is 9.59 Å². The molecule has 0 spiro atoms. The van der Waals surface area contributed by atoms with Crippen molar-refractivity contribution in [2.45, 2.75) is 25.9 Å². The van der Waals surface area contributed by atoms with Crippen molar-refractivity contribution in [3.63, 3.8) is 0 Å². The molecule has 1 aliphatic rings. The van der Waals surface area contributed by atoms with Gasteiger partial charge >= 0.3 is 5.97 Å². The van der Waals surface area contributed by atoms with Crippen LogP contribution in [0.2, 0.25) is 0 Å². The number of nitrogens with zero attached hydrogens (tertiary/aromatic N) is 2. The highest BCUT2D eigenvalue weighted by molar-refractivity contribution is 5.94. The second-order valence-corrected chi connectivity index (χ2v) is 7.28. The Labute approximate surface area is 171 Å². The van der Waals surface area contributed by atoms with Gasteiger partial charge in [-0.25, -0.2) is 0 Å². The number of amides is 1. The number of unbranched alkanes of at least 4 members (excludes halogenated alkanes) is 1. The third kappa shape index (κ3) is 6.61. The summed E-state index contributed by atoms with van der Waals surface area (Å²) in [7, 11) is 0. The standard InChI is InChI=1S/C23H28N2O4/c26-22(27)8-4-5-13-24-14-16-25(17-15-24)23(28)20-9-11-21(12-10-20)29-18-19-6-2-1-3-7-19/h1-3,6-7,9-12H,4-5,8,13-18H2,(H,26,27). The van der Waals surface area contributed by atoms with Gasteiger partial charge in [0.1, 0.15) is 12.4 Å². The molecule has 29 heavy (non-hydrogen) atoms. The molecule has 1 heterocycles. The van der Waals surface area contributed by atoms with E-state index >= 15 is 0 Å². The monoisotopic (exact) mass is 396 g/mol. The fraction of sp³-hybridized carbons (Fsp3) is 0.391. The Balaban J connectivity index is 1.42. The van der Waals surface area contributed by atoms with Gasteiger partial charge in [0, 0.05) is 38.2 Å². The molecule has 3 rings (SSSR count). The van der Waals surface area contributed by atoms with Crippen molar-refractivity contribution in [2.75, 3.05) is 32.7 Å². The first kappa shape index (κ1) is 20.9. The largest absolute Gasteiger partial charge is 0.489 e. The van der Waals surface area contributed by atoms with E-state index in [1.54, 1.807) is 0 Å². The summed E-state index contributed by atoms with van der Waals surface area (Å²) in [5.74, 6) is 0.0543. The average molecular weight is 396 g/mol. The SMILES string of the molecule is O=C(O)CCCCN1CCN(C(=O)c2ccc(OCc3ccccc3)cc2)CC1. The Morgan fingerprint density at radius 3 is 2.24 bits per heavy atom. The molecule has 154 valence electrons. The highest BCUT2D eigenvalue weighted by atomic mass is 16.5. The van der Waals surface area contributed by atoms with E-state index in [1.807, 2.05) is 59.5 Å². The number of carboxylic acids is 1. The lowest BCUT2D eigenvalue weighted by atomic mass is 10.1. The number of benzene rings is 2. The van der Waals surface area contributed by atoms with Crippen LogP contribution in [0.5, 0.6) is 5.75 Å². The maximum Gasteiger partial charge on any atom is 0.303 e. The second-order valence-electron chi connectivity index (χ2n) is 7.28. The van der Waals surface area contributed by atoms with E-state index in [-0.39, 0.29) is 12.3 Å². The highest BCUT2D eigenvalue weighted by Crippen LogP contribution is 2.16. The van der Waals surface area contributed by atoms with Crippen LogP contribution in [-0.2, 0) is 11.4 Å². The first-order chi connectivity index (χ1) is 14.1. The lowest BCUT2D eigenvalue weighted by Crippen LogP contribution is -2.48. The van der Waals surface area contributed by atoms with Crippen LogP contribution >= 0.6 is 0 Å². The fourth-order valence-corrected chi connectivity index (χ4v) is 3.40. The molecule has 0 aromatic heterocycles. The van der Waals surface area contributed by atoms with Gasteiger partial charge in [0.2, 0.25) is 0 Å². The van der Waals surface area contributed by atoms with Crippen LogP contribution in [0, 0.1) is 0 Å². The molecule has 6 heteroatoms. The Bertz CT molecular complexity index is 784. The number of carbonyl (C=O) groups excluding carboxylic acids is 1. The zero-order valence-electron chi connectivity index (χ0n) is 16.6. The minimum absolute atomic E-state index is 0.0464.